The van der Waals surface area contributed by atoms with Crippen molar-refractivity contribution >= 4 is 0 Å². The van der Waals surface area contributed by atoms with Crippen molar-refractivity contribution in [1.82, 2.24) is 0 Å². The van der Waals surface area contributed by atoms with Crippen LogP contribution in [0.5, 0.6) is 0 Å². The molecule has 5 heteroatoms. The van der Waals surface area contributed by atoms with Crippen LogP contribution in [0.25, 0.3) is 0 Å². The summed E-state index contributed by atoms with van der Waals surface area (Å²) in [7, 11) is 0. The summed E-state index contributed by atoms with van der Waals surface area (Å²) >= 11 is 0. The molecule has 0 amide bonds. The van der Waals surface area contributed by atoms with Gasteiger partial charge in [0.1, 0.15) is 0 Å². The van der Waals surface area contributed by atoms with Crippen molar-refractivity contribution in [1.29, 1.82) is 0 Å². The normalized spacial score (nSPS) is 16.1. The maximum atomic E-state index is 7.34. The van der Waals surface area contributed by atoms with Gasteiger partial charge in [-0.15, -0.1) is 0 Å². The zero-order valence-electron chi connectivity index (χ0n) is 34.1. The van der Waals surface area contributed by atoms with Gasteiger partial charge in [0.2, 0.25) is 0 Å². The molecule has 5 nitrogen and oxygen atoms in total. The fourth-order valence-corrected chi connectivity index (χ4v) is 9.83. The summed E-state index contributed by atoms with van der Waals surface area (Å²) in [6.45, 7) is 35.1. The lowest BCUT2D eigenvalue weighted by molar-refractivity contribution is -0.203. The number of rotatable bonds is 28. The van der Waals surface area contributed by atoms with Crippen LogP contribution in [0.1, 0.15) is 207 Å². The maximum absolute atomic E-state index is 7.34. The molecule has 3 atom stereocenters. The second-order valence-electron chi connectivity index (χ2n) is 15.4. The van der Waals surface area contributed by atoms with Gasteiger partial charge in [-0.3, -0.25) is 0 Å². The molecule has 0 aliphatic rings. The number of hydrogen-bond acceptors (Lipinski definition) is 5. The molecule has 46 heavy (non-hydrogen) atoms. The first kappa shape index (κ1) is 45.8. The predicted molar refractivity (Wildman–Crippen MR) is 203 cm³/mol. The van der Waals surface area contributed by atoms with Crippen LogP contribution in [0.3, 0.4) is 0 Å². The summed E-state index contributed by atoms with van der Waals surface area (Å²) in [5, 5.41) is 0. The Kier molecular flexibility index (Phi) is 20.4. The second-order valence-corrected chi connectivity index (χ2v) is 15.4. The van der Waals surface area contributed by atoms with Crippen LogP contribution in [0.15, 0.2) is 0 Å². The number of ether oxygens (including phenoxy) is 3. The van der Waals surface area contributed by atoms with Gasteiger partial charge < -0.3 is 25.7 Å². The van der Waals surface area contributed by atoms with Gasteiger partial charge in [0.05, 0.1) is 29.0 Å². The molecule has 0 bridgehead atoms. The molecule has 0 heterocycles. The van der Waals surface area contributed by atoms with Crippen LogP contribution < -0.4 is 11.5 Å². The van der Waals surface area contributed by atoms with Crippen LogP contribution in [-0.4, -0.2) is 47.2 Å². The molecular formula is C41H86N2O3. The van der Waals surface area contributed by atoms with E-state index in [0.717, 1.165) is 109 Å². The summed E-state index contributed by atoms with van der Waals surface area (Å²) < 4.78 is 21.5. The topological polar surface area (TPSA) is 79.7 Å². The molecule has 0 aliphatic heterocycles. The molecule has 0 rings (SSSR count). The van der Waals surface area contributed by atoms with Gasteiger partial charge >= 0.3 is 0 Å². The smallest absolute Gasteiger partial charge is 0.0737 e. The largest absolute Gasteiger partial charge is 0.374 e. The molecule has 0 aromatic rings. The highest BCUT2D eigenvalue weighted by atomic mass is 16.5. The fourth-order valence-electron chi connectivity index (χ4n) is 9.83. The zero-order chi connectivity index (χ0) is 35.9. The molecule has 0 saturated carbocycles. The highest BCUT2D eigenvalue weighted by Crippen LogP contribution is 2.52. The zero-order valence-corrected chi connectivity index (χ0v) is 34.1. The van der Waals surface area contributed by atoms with E-state index in [2.05, 4.69) is 104 Å². The van der Waals surface area contributed by atoms with E-state index in [1.807, 2.05) is 0 Å². The summed E-state index contributed by atoms with van der Waals surface area (Å²) in [5.74, 6) is 0. The Hall–Kier alpha value is -0.200. The quantitative estimate of drug-likeness (QED) is 0.0877. The molecular weight excluding hydrogens is 568 g/mol. The Morgan fingerprint density at radius 1 is 0.478 bits per heavy atom. The van der Waals surface area contributed by atoms with E-state index in [-0.39, 0.29) is 51.4 Å². The minimum absolute atomic E-state index is 0.0287. The molecule has 4 N–H and O–H groups in total. The Balaban J connectivity index is 6.38. The predicted octanol–water partition coefficient (Wildman–Crippen LogP) is 11.5. The summed E-state index contributed by atoms with van der Waals surface area (Å²) in [5.41, 5.74) is 12.4. The van der Waals surface area contributed by atoms with Crippen LogP contribution in [0.2, 0.25) is 0 Å². The standard InChI is InChI=1S/C41H86N2O3/c1-16-36(17-2,41(26-11,27-12)46-35(15)32-38(43,20-5)21-6)28-29-44-40(24-9,25-10)37(18-3,19-4)31-34(14)45-39(22-7,23-8)30-33(13)42/h33-35H,16-32,42-43H2,1-15H3. The van der Waals surface area contributed by atoms with Crippen molar-refractivity contribution in [2.24, 2.45) is 22.3 Å². The van der Waals surface area contributed by atoms with Gasteiger partial charge in [0.25, 0.3) is 0 Å². The van der Waals surface area contributed by atoms with Crippen molar-refractivity contribution in [2.45, 2.75) is 247 Å². The molecule has 0 aromatic carbocycles. The highest BCUT2D eigenvalue weighted by molar-refractivity contribution is 5.02. The summed E-state index contributed by atoms with van der Waals surface area (Å²) in [6, 6.07) is 0.127. The van der Waals surface area contributed by atoms with E-state index in [1.165, 1.54) is 0 Å². The van der Waals surface area contributed by atoms with E-state index in [0.29, 0.717) is 0 Å². The van der Waals surface area contributed by atoms with Crippen molar-refractivity contribution in [3.8, 4) is 0 Å². The van der Waals surface area contributed by atoms with Crippen molar-refractivity contribution < 1.29 is 14.2 Å². The minimum atomic E-state index is -0.208. The van der Waals surface area contributed by atoms with E-state index in [9.17, 15) is 0 Å². The molecule has 0 spiro atoms. The van der Waals surface area contributed by atoms with Gasteiger partial charge in [-0.1, -0.05) is 83.1 Å². The van der Waals surface area contributed by atoms with Gasteiger partial charge in [-0.25, -0.2) is 0 Å². The number of nitrogens with two attached hydrogens (primary N) is 2. The third kappa shape index (κ3) is 10.6. The molecule has 0 saturated heterocycles. The molecule has 0 radical (unpaired) electrons. The third-order valence-electron chi connectivity index (χ3n) is 13.5. The fraction of sp³-hybridized carbons (Fsp3) is 1.00. The molecule has 0 aliphatic carbocycles. The van der Waals surface area contributed by atoms with Gasteiger partial charge in [-0.2, -0.15) is 0 Å². The molecule has 0 fully saturated rings. The molecule has 0 aromatic heterocycles. The Morgan fingerprint density at radius 3 is 1.26 bits per heavy atom. The lowest BCUT2D eigenvalue weighted by atomic mass is 9.62. The molecule has 278 valence electrons. The Bertz CT molecular complexity index is 773. The average Bonchev–Trinajstić information content (AvgIpc) is 3.06. The highest BCUT2D eigenvalue weighted by Gasteiger charge is 2.52. The van der Waals surface area contributed by atoms with Crippen LogP contribution in [0, 0.1) is 10.8 Å². The lowest BCUT2D eigenvalue weighted by Gasteiger charge is -2.54. The Morgan fingerprint density at radius 2 is 0.913 bits per heavy atom. The Labute approximate surface area is 289 Å². The van der Waals surface area contributed by atoms with Crippen LogP contribution in [-0.2, 0) is 14.2 Å². The van der Waals surface area contributed by atoms with E-state index in [1.54, 1.807) is 0 Å². The van der Waals surface area contributed by atoms with Gasteiger partial charge in [0, 0.05) is 29.0 Å². The monoisotopic (exact) mass is 655 g/mol. The average molecular weight is 655 g/mol. The van der Waals surface area contributed by atoms with Crippen LogP contribution in [0.4, 0.5) is 0 Å². The lowest BCUT2D eigenvalue weighted by Crippen LogP contribution is -2.54. The van der Waals surface area contributed by atoms with Gasteiger partial charge in [-0.05, 0) is 124 Å². The van der Waals surface area contributed by atoms with Crippen molar-refractivity contribution in [2.75, 3.05) is 6.61 Å². The second kappa shape index (κ2) is 20.5. The van der Waals surface area contributed by atoms with E-state index < -0.39 is 0 Å². The van der Waals surface area contributed by atoms with Crippen LogP contribution >= 0.6 is 0 Å². The van der Waals surface area contributed by atoms with E-state index in [4.69, 9.17) is 25.7 Å². The maximum Gasteiger partial charge on any atom is 0.0737 e. The molecule has 3 unspecified atom stereocenters. The summed E-state index contributed by atoms with van der Waals surface area (Å²) in [4.78, 5) is 0. The van der Waals surface area contributed by atoms with E-state index >= 15 is 0 Å². The third-order valence-corrected chi connectivity index (χ3v) is 13.5. The van der Waals surface area contributed by atoms with Gasteiger partial charge in [0.15, 0.2) is 0 Å². The van der Waals surface area contributed by atoms with Crippen molar-refractivity contribution in [3.63, 3.8) is 0 Å². The SMILES string of the molecule is CCC(N)(CC)CC(C)OC(CC)(CC)C(CC)(CC)CCOC(CC)(CC)C(CC)(CC)CC(C)OC(CC)(CC)CC(C)N. The summed E-state index contributed by atoms with van der Waals surface area (Å²) in [6.07, 6.45) is 16.3. The first-order valence-corrected chi connectivity index (χ1v) is 20.1. The minimum Gasteiger partial charge on any atom is -0.374 e. The van der Waals surface area contributed by atoms with Crippen molar-refractivity contribution in [3.05, 3.63) is 0 Å². The number of hydrogen-bond donors (Lipinski definition) is 2. The first-order chi connectivity index (χ1) is 21.6. The first-order valence-electron chi connectivity index (χ1n) is 20.1.